The number of fused-ring (bicyclic) bond motifs is 1. The molecule has 0 saturated heterocycles. The third kappa shape index (κ3) is 5.53. The van der Waals surface area contributed by atoms with Crippen LogP contribution in [0.15, 0.2) is 6.33 Å². The first kappa shape index (κ1) is 24.2. The zero-order chi connectivity index (χ0) is 23.0. The standard InChI is InChI=1S/C20H26FN5O5/c1-5-8-14(28)23-17-16-18(25-19(21)24-17)26(12-22-16)10-13(31-15(29)9-6-2)20(7-3,11-27)30-4/h3,12-13,27H,5-6,8-11H2,1-2,4H3,(H,23,24,25,28)/t13-,20?/m0/s1. The van der Waals surface area contributed by atoms with Crippen LogP contribution < -0.4 is 5.32 Å². The largest absolute Gasteiger partial charge is 0.456 e. The van der Waals surface area contributed by atoms with Gasteiger partial charge in [0.15, 0.2) is 28.7 Å². The van der Waals surface area contributed by atoms with Gasteiger partial charge in [0.25, 0.3) is 0 Å². The first-order chi connectivity index (χ1) is 14.8. The van der Waals surface area contributed by atoms with Crippen molar-refractivity contribution in [2.45, 2.75) is 57.8 Å². The minimum atomic E-state index is -1.64. The van der Waals surface area contributed by atoms with Crippen molar-refractivity contribution < 1.29 is 28.6 Å². The van der Waals surface area contributed by atoms with Gasteiger partial charge < -0.3 is 24.5 Å². The number of hydrogen-bond acceptors (Lipinski definition) is 8. The second-order valence-electron chi connectivity index (χ2n) is 6.83. The van der Waals surface area contributed by atoms with Crippen LogP contribution in [0.25, 0.3) is 11.2 Å². The molecule has 0 aliphatic rings. The van der Waals surface area contributed by atoms with Gasteiger partial charge in [-0.15, -0.1) is 6.42 Å². The van der Waals surface area contributed by atoms with E-state index in [9.17, 15) is 19.1 Å². The molecule has 2 atom stereocenters. The summed E-state index contributed by atoms with van der Waals surface area (Å²) < 4.78 is 26.3. The number of hydrogen-bond donors (Lipinski definition) is 2. The Bertz CT molecular complexity index is 967. The van der Waals surface area contributed by atoms with Gasteiger partial charge >= 0.3 is 12.0 Å². The quantitative estimate of drug-likeness (QED) is 0.308. The van der Waals surface area contributed by atoms with E-state index in [4.69, 9.17) is 15.9 Å². The van der Waals surface area contributed by atoms with Crippen molar-refractivity contribution in [3.05, 3.63) is 12.4 Å². The van der Waals surface area contributed by atoms with E-state index in [1.165, 1.54) is 18.0 Å². The highest BCUT2D eigenvalue weighted by Gasteiger charge is 2.40. The van der Waals surface area contributed by atoms with Crippen molar-refractivity contribution in [3.63, 3.8) is 0 Å². The Morgan fingerprint density at radius 2 is 2.06 bits per heavy atom. The van der Waals surface area contributed by atoms with Crippen molar-refractivity contribution in [1.29, 1.82) is 0 Å². The Labute approximate surface area is 179 Å². The molecular formula is C20H26FN5O5. The van der Waals surface area contributed by atoms with Crippen LogP contribution in [-0.4, -0.2) is 61.9 Å². The predicted molar refractivity (Wildman–Crippen MR) is 109 cm³/mol. The van der Waals surface area contributed by atoms with Crippen LogP contribution in [0.1, 0.15) is 39.5 Å². The molecule has 11 heteroatoms. The van der Waals surface area contributed by atoms with Gasteiger partial charge in [0.2, 0.25) is 5.91 Å². The fourth-order valence-electron chi connectivity index (χ4n) is 2.94. The Morgan fingerprint density at radius 3 is 2.65 bits per heavy atom. The van der Waals surface area contributed by atoms with Gasteiger partial charge in [-0.25, -0.2) is 4.98 Å². The summed E-state index contributed by atoms with van der Waals surface area (Å²) in [6, 6.07) is 0. The van der Waals surface area contributed by atoms with E-state index >= 15 is 0 Å². The lowest BCUT2D eigenvalue weighted by Gasteiger charge is -2.33. The Hall–Kier alpha value is -3.10. The molecule has 0 bridgehead atoms. The highest BCUT2D eigenvalue weighted by atomic mass is 19.1. The van der Waals surface area contributed by atoms with E-state index < -0.39 is 30.4 Å². The fraction of sp³-hybridized carbons (Fsp3) is 0.550. The van der Waals surface area contributed by atoms with Gasteiger partial charge in [0, 0.05) is 20.0 Å². The van der Waals surface area contributed by atoms with Crippen LogP contribution in [0.5, 0.6) is 0 Å². The number of ether oxygens (including phenoxy) is 2. The van der Waals surface area contributed by atoms with Crippen molar-refractivity contribution in [2.75, 3.05) is 19.0 Å². The first-order valence-corrected chi connectivity index (χ1v) is 9.85. The first-order valence-electron chi connectivity index (χ1n) is 9.85. The Morgan fingerprint density at radius 1 is 1.35 bits per heavy atom. The van der Waals surface area contributed by atoms with E-state index in [1.54, 1.807) is 0 Å². The van der Waals surface area contributed by atoms with E-state index in [2.05, 4.69) is 26.2 Å². The molecule has 1 unspecified atom stereocenters. The number of amides is 1. The van der Waals surface area contributed by atoms with Crippen LogP contribution in [0.2, 0.25) is 0 Å². The minimum Gasteiger partial charge on any atom is -0.456 e. The van der Waals surface area contributed by atoms with Crippen molar-refractivity contribution in [2.24, 2.45) is 0 Å². The zero-order valence-electron chi connectivity index (χ0n) is 17.7. The van der Waals surface area contributed by atoms with E-state index in [0.29, 0.717) is 12.8 Å². The molecule has 2 N–H and O–H groups in total. The number of aliphatic hydroxyl groups is 1. The SMILES string of the molecule is C#CC(CO)(OC)[C@H](Cn1cnc2c(NC(=O)CCC)nc(F)nc21)OC(=O)CCC. The second-order valence-corrected chi connectivity index (χ2v) is 6.83. The van der Waals surface area contributed by atoms with Crippen LogP contribution in [0.3, 0.4) is 0 Å². The van der Waals surface area contributed by atoms with Gasteiger partial charge in [-0.2, -0.15) is 14.4 Å². The molecule has 0 aromatic carbocycles. The molecule has 0 aliphatic carbocycles. The monoisotopic (exact) mass is 435 g/mol. The van der Waals surface area contributed by atoms with E-state index in [1.807, 2.05) is 13.8 Å². The number of methoxy groups -OCH3 is 1. The third-order valence-corrected chi connectivity index (χ3v) is 4.63. The molecule has 2 rings (SSSR count). The number of aromatic nitrogens is 4. The molecule has 31 heavy (non-hydrogen) atoms. The topological polar surface area (TPSA) is 128 Å². The summed E-state index contributed by atoms with van der Waals surface area (Å²) in [5.74, 6) is 1.39. The molecule has 2 aromatic rings. The summed E-state index contributed by atoms with van der Waals surface area (Å²) in [4.78, 5) is 35.6. The van der Waals surface area contributed by atoms with Gasteiger partial charge in [-0.3, -0.25) is 9.59 Å². The maximum Gasteiger partial charge on any atom is 0.312 e. The van der Waals surface area contributed by atoms with Crippen LogP contribution >= 0.6 is 0 Å². The number of esters is 1. The molecule has 0 aliphatic heterocycles. The average Bonchev–Trinajstić information content (AvgIpc) is 3.12. The van der Waals surface area contributed by atoms with Gasteiger partial charge in [0.05, 0.1) is 19.5 Å². The van der Waals surface area contributed by atoms with Crippen molar-refractivity contribution >= 4 is 28.9 Å². The summed E-state index contributed by atoms with van der Waals surface area (Å²) in [6.07, 6.45) is 6.22. The number of rotatable bonds is 11. The third-order valence-electron chi connectivity index (χ3n) is 4.63. The number of aliphatic hydroxyl groups excluding tert-OH is 1. The molecule has 0 fully saturated rings. The number of nitrogens with zero attached hydrogens (tertiary/aromatic N) is 4. The predicted octanol–water partition coefficient (Wildman–Crippen LogP) is 1.43. The number of halogens is 1. The lowest BCUT2D eigenvalue weighted by atomic mass is 9.97. The number of imidazole rings is 1. The van der Waals surface area contributed by atoms with Gasteiger partial charge in [0.1, 0.15) is 0 Å². The maximum atomic E-state index is 14.1. The summed E-state index contributed by atoms with van der Waals surface area (Å²) in [5.41, 5.74) is -1.43. The normalized spacial score (nSPS) is 13.9. The number of carbonyl (C=O) groups excluding carboxylic acids is 2. The van der Waals surface area contributed by atoms with Crippen molar-refractivity contribution in [1.82, 2.24) is 19.5 Å². The molecule has 1 amide bonds. The number of terminal acetylenes is 1. The van der Waals surface area contributed by atoms with Crippen LogP contribution in [-0.2, 0) is 25.6 Å². The average molecular weight is 435 g/mol. The number of anilines is 1. The summed E-state index contributed by atoms with van der Waals surface area (Å²) in [5, 5.41) is 12.4. The lowest BCUT2D eigenvalue weighted by molar-refractivity contribution is -0.168. The Kier molecular flexibility index (Phi) is 8.41. The molecule has 0 spiro atoms. The second kappa shape index (κ2) is 10.8. The minimum absolute atomic E-state index is 0.0517. The molecule has 0 saturated carbocycles. The lowest BCUT2D eigenvalue weighted by Crippen LogP contribution is -2.50. The van der Waals surface area contributed by atoms with Gasteiger partial charge in [-0.05, 0) is 12.8 Å². The molecule has 10 nitrogen and oxygen atoms in total. The smallest absolute Gasteiger partial charge is 0.312 e. The zero-order valence-corrected chi connectivity index (χ0v) is 17.7. The molecular weight excluding hydrogens is 409 g/mol. The van der Waals surface area contributed by atoms with Crippen LogP contribution in [0, 0.1) is 18.4 Å². The number of carbonyl (C=O) groups is 2. The molecule has 0 radical (unpaired) electrons. The molecule has 2 aromatic heterocycles. The molecule has 2 heterocycles. The van der Waals surface area contributed by atoms with Crippen molar-refractivity contribution in [3.8, 4) is 12.3 Å². The van der Waals surface area contributed by atoms with E-state index in [0.717, 1.165) is 0 Å². The maximum absolute atomic E-state index is 14.1. The summed E-state index contributed by atoms with van der Waals surface area (Å²) in [6.45, 7) is 2.88. The fourth-order valence-corrected chi connectivity index (χ4v) is 2.94. The number of nitrogens with one attached hydrogen (secondary N) is 1. The highest BCUT2D eigenvalue weighted by Crippen LogP contribution is 2.24. The Balaban J connectivity index is 2.45. The summed E-state index contributed by atoms with van der Waals surface area (Å²) in [7, 11) is 1.28. The molecule has 168 valence electrons. The summed E-state index contributed by atoms with van der Waals surface area (Å²) >= 11 is 0. The highest BCUT2D eigenvalue weighted by molar-refractivity contribution is 5.96. The van der Waals surface area contributed by atoms with E-state index in [-0.39, 0.29) is 42.3 Å². The van der Waals surface area contributed by atoms with Crippen LogP contribution in [0.4, 0.5) is 10.2 Å². The van der Waals surface area contributed by atoms with Gasteiger partial charge in [-0.1, -0.05) is 19.8 Å².